The minimum Gasteiger partial charge on any atom is -0.484 e. The zero-order valence-corrected chi connectivity index (χ0v) is 18.4. The molecule has 9 heteroatoms. The number of para-hydroxylation sites is 1. The summed E-state index contributed by atoms with van der Waals surface area (Å²) in [6.07, 6.45) is -2.20. The fourth-order valence-corrected chi connectivity index (χ4v) is 5.28. The number of nitrogens with zero attached hydrogens (tertiary/aromatic N) is 1. The van der Waals surface area contributed by atoms with Gasteiger partial charge in [0.2, 0.25) is 0 Å². The van der Waals surface area contributed by atoms with Crippen molar-refractivity contribution >= 4 is 32.7 Å². The zero-order valence-electron chi connectivity index (χ0n) is 17.6. The summed E-state index contributed by atoms with van der Waals surface area (Å²) in [4.78, 5) is 12.6. The highest BCUT2D eigenvalue weighted by molar-refractivity contribution is 7.90. The number of methoxy groups -OCH3 is 1. The molecule has 0 bridgehead atoms. The van der Waals surface area contributed by atoms with Crippen LogP contribution in [0.2, 0.25) is 0 Å². The highest BCUT2D eigenvalue weighted by atomic mass is 32.2. The Labute approximate surface area is 185 Å². The number of carbonyl (C=O) groups excluding carboxylic acids is 1. The number of carbonyl (C=O) groups is 1. The van der Waals surface area contributed by atoms with E-state index in [1.54, 1.807) is 42.5 Å². The lowest BCUT2D eigenvalue weighted by atomic mass is 10.1. The lowest BCUT2D eigenvalue weighted by Gasteiger charge is -2.18. The first-order valence-electron chi connectivity index (χ1n) is 9.98. The van der Waals surface area contributed by atoms with Gasteiger partial charge in [0, 0.05) is 11.8 Å². The molecule has 3 aromatic rings. The Kier molecular flexibility index (Phi) is 5.81. The maximum absolute atomic E-state index is 13.7. The van der Waals surface area contributed by atoms with Gasteiger partial charge in [-0.1, -0.05) is 35.9 Å². The van der Waals surface area contributed by atoms with Crippen LogP contribution in [-0.2, 0) is 24.3 Å². The Morgan fingerprint density at radius 1 is 1.22 bits per heavy atom. The Hall–Kier alpha value is -3.14. The monoisotopic (exact) mass is 457 g/mol. The predicted octanol–water partition coefficient (Wildman–Crippen LogP) is 2.21. The van der Waals surface area contributed by atoms with Crippen molar-refractivity contribution in [3.8, 4) is 0 Å². The van der Waals surface area contributed by atoms with E-state index in [9.17, 15) is 23.4 Å². The number of hydrogen-bond donors (Lipinski definition) is 2. The SMILES string of the molecule is COC(=O)C1=C(c2cc3ccccc3n2S(=O)(=O)c2ccc(C)cc2)O[C@@H](C(O)CO)C1. The van der Waals surface area contributed by atoms with E-state index in [1.807, 2.05) is 6.92 Å². The van der Waals surface area contributed by atoms with Crippen LogP contribution in [0.25, 0.3) is 16.7 Å². The Morgan fingerprint density at radius 3 is 2.56 bits per heavy atom. The van der Waals surface area contributed by atoms with Crippen LogP contribution in [0.5, 0.6) is 0 Å². The topological polar surface area (TPSA) is 115 Å². The minimum absolute atomic E-state index is 0.00115. The van der Waals surface area contributed by atoms with Crippen molar-refractivity contribution in [3.05, 3.63) is 71.4 Å². The van der Waals surface area contributed by atoms with Crippen molar-refractivity contribution in [1.29, 1.82) is 0 Å². The third-order valence-corrected chi connectivity index (χ3v) is 7.20. The number of benzene rings is 2. The van der Waals surface area contributed by atoms with Crippen molar-refractivity contribution < 1.29 is 32.9 Å². The number of ether oxygens (including phenoxy) is 2. The van der Waals surface area contributed by atoms with Gasteiger partial charge in [-0.3, -0.25) is 0 Å². The predicted molar refractivity (Wildman–Crippen MR) is 117 cm³/mol. The molecule has 0 saturated heterocycles. The first-order valence-corrected chi connectivity index (χ1v) is 11.4. The largest absolute Gasteiger partial charge is 0.484 e. The minimum atomic E-state index is -4.07. The standard InChI is InChI=1S/C23H23NO7S/c1-14-7-9-16(10-8-14)32(28,29)24-18-6-4-3-5-15(18)11-19(24)22-17(23(27)30-2)12-21(31-22)20(26)13-25/h3-11,20-21,25-26H,12-13H2,1-2H3/t20?,21-/m1/s1. The molecule has 0 aliphatic carbocycles. The normalized spacial score (nSPS) is 17.4. The van der Waals surface area contributed by atoms with E-state index in [-0.39, 0.29) is 28.3 Å². The van der Waals surface area contributed by atoms with E-state index in [0.29, 0.717) is 10.9 Å². The third-order valence-electron chi connectivity index (χ3n) is 5.46. The summed E-state index contributed by atoms with van der Waals surface area (Å²) in [5.41, 5.74) is 1.56. The molecule has 2 heterocycles. The van der Waals surface area contributed by atoms with E-state index in [0.717, 1.165) is 9.54 Å². The fraction of sp³-hybridized carbons (Fsp3) is 0.261. The van der Waals surface area contributed by atoms with Crippen molar-refractivity contribution in [2.24, 2.45) is 0 Å². The molecule has 0 spiro atoms. The smallest absolute Gasteiger partial charge is 0.337 e. The number of esters is 1. The second kappa shape index (κ2) is 8.42. The average molecular weight is 458 g/mol. The molecule has 8 nitrogen and oxygen atoms in total. The van der Waals surface area contributed by atoms with Gasteiger partial charge < -0.3 is 19.7 Å². The quantitative estimate of drug-likeness (QED) is 0.546. The number of aromatic nitrogens is 1. The van der Waals surface area contributed by atoms with Crippen LogP contribution in [0, 0.1) is 6.92 Å². The number of aliphatic hydroxyl groups excluding tert-OH is 2. The van der Waals surface area contributed by atoms with Crippen molar-refractivity contribution in [2.75, 3.05) is 13.7 Å². The van der Waals surface area contributed by atoms with Gasteiger partial charge in [-0.25, -0.2) is 17.2 Å². The summed E-state index contributed by atoms with van der Waals surface area (Å²) in [5, 5.41) is 20.1. The Morgan fingerprint density at radius 2 is 1.91 bits per heavy atom. The summed E-state index contributed by atoms with van der Waals surface area (Å²) in [6.45, 7) is 1.29. The van der Waals surface area contributed by atoms with Gasteiger partial charge in [0.15, 0.2) is 5.76 Å². The summed E-state index contributed by atoms with van der Waals surface area (Å²) >= 11 is 0. The summed E-state index contributed by atoms with van der Waals surface area (Å²) in [7, 11) is -2.86. The maximum atomic E-state index is 13.7. The molecule has 2 atom stereocenters. The summed E-state index contributed by atoms with van der Waals surface area (Å²) in [5.74, 6) is -0.696. The van der Waals surface area contributed by atoms with Gasteiger partial charge >= 0.3 is 5.97 Å². The Bertz CT molecular complexity index is 1310. The molecule has 1 aliphatic rings. The lowest BCUT2D eigenvalue weighted by molar-refractivity contribution is -0.136. The number of hydrogen-bond acceptors (Lipinski definition) is 7. The fourth-order valence-electron chi connectivity index (χ4n) is 3.77. The van der Waals surface area contributed by atoms with Crippen LogP contribution < -0.4 is 0 Å². The highest BCUT2D eigenvalue weighted by Crippen LogP contribution is 2.38. The number of rotatable bonds is 6. The third kappa shape index (κ3) is 3.68. The molecule has 0 amide bonds. The Balaban J connectivity index is 1.97. The second-order valence-corrected chi connectivity index (χ2v) is 9.37. The van der Waals surface area contributed by atoms with Crippen LogP contribution in [0.15, 0.2) is 65.1 Å². The van der Waals surface area contributed by atoms with Gasteiger partial charge in [-0.05, 0) is 31.2 Å². The molecule has 1 aliphatic heterocycles. The first kappa shape index (κ1) is 22.1. The molecule has 32 heavy (non-hydrogen) atoms. The molecule has 1 aromatic heterocycles. The molecule has 1 unspecified atom stereocenters. The van der Waals surface area contributed by atoms with Gasteiger partial charge in [-0.15, -0.1) is 0 Å². The molecular formula is C23H23NO7S. The van der Waals surface area contributed by atoms with Crippen LogP contribution in [0.4, 0.5) is 0 Å². The van der Waals surface area contributed by atoms with Gasteiger partial charge in [0.1, 0.15) is 17.9 Å². The molecule has 2 N–H and O–H groups in total. The molecule has 0 radical (unpaired) electrons. The number of aliphatic hydroxyl groups is 2. The first-order chi connectivity index (χ1) is 15.3. The van der Waals surface area contributed by atoms with Crippen molar-refractivity contribution in [2.45, 2.75) is 30.4 Å². The van der Waals surface area contributed by atoms with Crippen molar-refractivity contribution in [1.82, 2.24) is 3.97 Å². The molecule has 0 fully saturated rings. The number of aryl methyl sites for hydroxylation is 1. The van der Waals surface area contributed by atoms with Gasteiger partial charge in [0.05, 0.1) is 29.7 Å². The van der Waals surface area contributed by atoms with Crippen LogP contribution >= 0.6 is 0 Å². The van der Waals surface area contributed by atoms with Crippen LogP contribution in [0.3, 0.4) is 0 Å². The van der Waals surface area contributed by atoms with E-state index >= 15 is 0 Å². The zero-order chi connectivity index (χ0) is 23.0. The second-order valence-electron chi connectivity index (χ2n) is 7.58. The summed E-state index contributed by atoms with van der Waals surface area (Å²) in [6, 6.07) is 15.0. The average Bonchev–Trinajstić information content (AvgIpc) is 3.40. The molecule has 4 rings (SSSR count). The van der Waals surface area contributed by atoms with E-state index < -0.39 is 34.8 Å². The number of fused-ring (bicyclic) bond motifs is 1. The van der Waals surface area contributed by atoms with E-state index in [2.05, 4.69) is 0 Å². The maximum Gasteiger partial charge on any atom is 0.337 e. The lowest BCUT2D eigenvalue weighted by Crippen LogP contribution is -2.29. The molecule has 2 aromatic carbocycles. The summed E-state index contributed by atoms with van der Waals surface area (Å²) < 4.78 is 39.2. The van der Waals surface area contributed by atoms with E-state index in [1.165, 1.54) is 19.2 Å². The molecular weight excluding hydrogens is 434 g/mol. The van der Waals surface area contributed by atoms with Gasteiger partial charge in [0.25, 0.3) is 10.0 Å². The van der Waals surface area contributed by atoms with E-state index in [4.69, 9.17) is 9.47 Å². The van der Waals surface area contributed by atoms with Crippen LogP contribution in [0.1, 0.15) is 17.7 Å². The molecule has 168 valence electrons. The van der Waals surface area contributed by atoms with Crippen LogP contribution in [-0.4, -0.2) is 54.5 Å². The highest BCUT2D eigenvalue weighted by Gasteiger charge is 2.38. The van der Waals surface area contributed by atoms with Crippen molar-refractivity contribution in [3.63, 3.8) is 0 Å². The van der Waals surface area contributed by atoms with Gasteiger partial charge in [-0.2, -0.15) is 0 Å². The molecule has 0 saturated carbocycles.